The number of carbonyl (C=O) groups excluding carboxylic acids is 1. The van der Waals surface area contributed by atoms with Crippen molar-refractivity contribution in [3.63, 3.8) is 0 Å². The zero-order valence-electron chi connectivity index (χ0n) is 9.91. The molecule has 96 valence electrons. The molecule has 0 aliphatic rings. The zero-order valence-corrected chi connectivity index (χ0v) is 11.5. The molecule has 5 nitrogen and oxygen atoms in total. The molecule has 0 bridgehead atoms. The van der Waals surface area contributed by atoms with Crippen LogP contribution in [0.3, 0.4) is 0 Å². The van der Waals surface area contributed by atoms with Gasteiger partial charge in [0.2, 0.25) is 0 Å². The number of hydrogen-bond acceptors (Lipinski definition) is 6. The van der Waals surface area contributed by atoms with Gasteiger partial charge in [-0.2, -0.15) is 0 Å². The molecule has 0 aromatic carbocycles. The lowest BCUT2D eigenvalue weighted by Crippen LogP contribution is -2.12. The van der Waals surface area contributed by atoms with Gasteiger partial charge in [-0.15, -0.1) is 22.7 Å². The van der Waals surface area contributed by atoms with Crippen LogP contribution in [0.15, 0.2) is 34.5 Å². The lowest BCUT2D eigenvalue weighted by atomic mass is 10.3. The van der Waals surface area contributed by atoms with Crippen LogP contribution in [0.2, 0.25) is 0 Å². The van der Waals surface area contributed by atoms with Gasteiger partial charge in [0.1, 0.15) is 0 Å². The van der Waals surface area contributed by atoms with Crippen LogP contribution in [-0.2, 0) is 0 Å². The Morgan fingerprint density at radius 1 is 1.42 bits per heavy atom. The Bertz CT molecular complexity index is 700. The molecule has 3 rings (SSSR count). The van der Waals surface area contributed by atoms with E-state index in [-0.39, 0.29) is 11.6 Å². The number of aryl methyl sites for hydroxylation is 1. The summed E-state index contributed by atoms with van der Waals surface area (Å²) in [4.78, 5) is 22.1. The van der Waals surface area contributed by atoms with E-state index in [1.807, 2.05) is 24.4 Å². The molecule has 0 saturated heterocycles. The number of thiophene rings is 1. The van der Waals surface area contributed by atoms with Crippen molar-refractivity contribution in [2.24, 2.45) is 0 Å². The van der Waals surface area contributed by atoms with Gasteiger partial charge in [-0.25, -0.2) is 9.97 Å². The molecule has 1 N–H and O–H groups in total. The van der Waals surface area contributed by atoms with Crippen molar-refractivity contribution < 1.29 is 9.21 Å². The Labute approximate surface area is 117 Å². The van der Waals surface area contributed by atoms with E-state index < -0.39 is 0 Å². The highest BCUT2D eigenvalue weighted by atomic mass is 32.1. The normalized spacial score (nSPS) is 10.6. The van der Waals surface area contributed by atoms with Crippen molar-refractivity contribution in [3.8, 4) is 10.6 Å². The Morgan fingerprint density at radius 2 is 2.32 bits per heavy atom. The molecule has 3 heterocycles. The van der Waals surface area contributed by atoms with Crippen molar-refractivity contribution >= 4 is 33.7 Å². The van der Waals surface area contributed by atoms with Crippen molar-refractivity contribution in [1.82, 2.24) is 9.97 Å². The van der Waals surface area contributed by atoms with E-state index in [1.165, 1.54) is 29.1 Å². The van der Waals surface area contributed by atoms with Crippen LogP contribution < -0.4 is 5.32 Å². The summed E-state index contributed by atoms with van der Waals surface area (Å²) in [6, 6.07) is 3.78. The van der Waals surface area contributed by atoms with Gasteiger partial charge in [0.15, 0.2) is 23.0 Å². The number of oxazole rings is 1. The zero-order chi connectivity index (χ0) is 13.2. The van der Waals surface area contributed by atoms with E-state index in [4.69, 9.17) is 4.42 Å². The first-order valence-electron chi connectivity index (χ1n) is 5.45. The molecule has 0 spiro atoms. The van der Waals surface area contributed by atoms with Crippen molar-refractivity contribution in [1.29, 1.82) is 0 Å². The van der Waals surface area contributed by atoms with Crippen LogP contribution in [0.5, 0.6) is 0 Å². The van der Waals surface area contributed by atoms with Crippen LogP contribution in [0.4, 0.5) is 5.13 Å². The van der Waals surface area contributed by atoms with Gasteiger partial charge in [0, 0.05) is 11.1 Å². The van der Waals surface area contributed by atoms with Gasteiger partial charge in [-0.3, -0.25) is 10.1 Å². The molecular weight excluding hydrogens is 282 g/mol. The van der Waals surface area contributed by atoms with Crippen LogP contribution in [0.1, 0.15) is 15.4 Å². The first kappa shape index (κ1) is 12.1. The van der Waals surface area contributed by atoms with Gasteiger partial charge >= 0.3 is 0 Å². The van der Waals surface area contributed by atoms with Gasteiger partial charge in [0.05, 0.1) is 4.88 Å². The molecule has 0 radical (unpaired) electrons. The first-order chi connectivity index (χ1) is 9.24. The Hall–Kier alpha value is -1.99. The highest BCUT2D eigenvalue weighted by Crippen LogP contribution is 2.28. The second kappa shape index (κ2) is 4.94. The number of aromatic nitrogens is 2. The molecule has 7 heteroatoms. The van der Waals surface area contributed by atoms with E-state index in [1.54, 1.807) is 6.20 Å². The molecule has 19 heavy (non-hydrogen) atoms. The standard InChI is InChI=1S/C12H9N3O2S2/c1-7-5-13-12(19-7)15-11(16)9-10(17-6-14-9)8-3-2-4-18-8/h2-6H,1H3,(H,13,15,16). The van der Waals surface area contributed by atoms with Gasteiger partial charge in [0.25, 0.3) is 5.91 Å². The number of anilines is 1. The van der Waals surface area contributed by atoms with E-state index in [9.17, 15) is 4.79 Å². The van der Waals surface area contributed by atoms with Crippen LogP contribution in [-0.4, -0.2) is 15.9 Å². The van der Waals surface area contributed by atoms with Gasteiger partial charge < -0.3 is 4.42 Å². The van der Waals surface area contributed by atoms with Crippen LogP contribution in [0.25, 0.3) is 10.6 Å². The minimum absolute atomic E-state index is 0.273. The third kappa shape index (κ3) is 2.42. The number of nitrogens with zero attached hydrogens (tertiary/aromatic N) is 2. The van der Waals surface area contributed by atoms with Gasteiger partial charge in [-0.05, 0) is 18.4 Å². The Kier molecular flexibility index (Phi) is 3.14. The van der Waals surface area contributed by atoms with Crippen molar-refractivity contribution in [2.75, 3.05) is 5.32 Å². The van der Waals surface area contributed by atoms with Crippen LogP contribution >= 0.6 is 22.7 Å². The second-order valence-corrected chi connectivity index (χ2v) is 5.92. The van der Waals surface area contributed by atoms with E-state index in [2.05, 4.69) is 15.3 Å². The summed E-state index contributed by atoms with van der Waals surface area (Å²) in [6.07, 6.45) is 2.99. The quantitative estimate of drug-likeness (QED) is 0.803. The average molecular weight is 291 g/mol. The number of carbonyl (C=O) groups is 1. The highest BCUT2D eigenvalue weighted by Gasteiger charge is 2.19. The molecule has 3 aromatic rings. The van der Waals surface area contributed by atoms with E-state index >= 15 is 0 Å². The summed E-state index contributed by atoms with van der Waals surface area (Å²) in [6.45, 7) is 1.93. The SMILES string of the molecule is Cc1cnc(NC(=O)c2ncoc2-c2cccs2)s1. The molecule has 0 saturated carbocycles. The summed E-state index contributed by atoms with van der Waals surface area (Å²) < 4.78 is 5.29. The minimum Gasteiger partial charge on any atom is -0.442 e. The predicted molar refractivity (Wildman–Crippen MR) is 74.6 cm³/mol. The number of hydrogen-bond donors (Lipinski definition) is 1. The predicted octanol–water partition coefficient (Wildman–Crippen LogP) is 3.42. The summed E-state index contributed by atoms with van der Waals surface area (Å²) in [5.41, 5.74) is 0.273. The monoisotopic (exact) mass is 291 g/mol. The third-order valence-corrected chi connectivity index (χ3v) is 4.07. The maximum atomic E-state index is 12.1. The van der Waals surface area contributed by atoms with Crippen LogP contribution in [0, 0.1) is 6.92 Å². The third-order valence-electron chi connectivity index (χ3n) is 2.37. The molecule has 0 fully saturated rings. The molecule has 0 aliphatic carbocycles. The summed E-state index contributed by atoms with van der Waals surface area (Å²) in [7, 11) is 0. The Balaban J connectivity index is 1.87. The van der Waals surface area contributed by atoms with Gasteiger partial charge in [-0.1, -0.05) is 6.07 Å². The number of nitrogens with one attached hydrogen (secondary N) is 1. The van der Waals surface area contributed by atoms with Crippen molar-refractivity contribution in [3.05, 3.63) is 40.7 Å². The number of thiazole rings is 1. The fourth-order valence-electron chi connectivity index (χ4n) is 1.56. The molecular formula is C12H9N3O2S2. The smallest absolute Gasteiger partial charge is 0.280 e. The summed E-state index contributed by atoms with van der Waals surface area (Å²) in [5, 5.41) is 5.20. The minimum atomic E-state index is -0.313. The molecule has 1 amide bonds. The summed E-state index contributed by atoms with van der Waals surface area (Å²) in [5.74, 6) is 0.173. The Morgan fingerprint density at radius 3 is 3.00 bits per heavy atom. The largest absolute Gasteiger partial charge is 0.442 e. The average Bonchev–Trinajstić information content (AvgIpc) is 3.07. The number of rotatable bonds is 3. The van der Waals surface area contributed by atoms with E-state index in [0.29, 0.717) is 10.9 Å². The first-order valence-corrected chi connectivity index (χ1v) is 7.15. The topological polar surface area (TPSA) is 68.0 Å². The summed E-state index contributed by atoms with van der Waals surface area (Å²) >= 11 is 2.91. The number of amides is 1. The molecule has 0 atom stereocenters. The lowest BCUT2D eigenvalue weighted by molar-refractivity contribution is 0.102. The van der Waals surface area contributed by atoms with Crippen molar-refractivity contribution in [2.45, 2.75) is 6.92 Å². The maximum absolute atomic E-state index is 12.1. The fraction of sp³-hybridized carbons (Fsp3) is 0.0833. The molecule has 3 aromatic heterocycles. The molecule has 0 aliphatic heterocycles. The second-order valence-electron chi connectivity index (χ2n) is 3.74. The molecule has 0 unspecified atom stereocenters. The maximum Gasteiger partial charge on any atom is 0.280 e. The highest BCUT2D eigenvalue weighted by molar-refractivity contribution is 7.15. The fourth-order valence-corrected chi connectivity index (χ4v) is 2.93. The lowest BCUT2D eigenvalue weighted by Gasteiger charge is -1.99. The van der Waals surface area contributed by atoms with E-state index in [0.717, 1.165) is 9.75 Å².